The molecule has 2 saturated carbocycles. The van der Waals surface area contributed by atoms with Gasteiger partial charge in [0, 0.05) is 25.2 Å². The molecule has 0 heterocycles. The molecule has 2 aliphatic carbocycles. The van der Waals surface area contributed by atoms with Crippen molar-refractivity contribution >= 4 is 5.69 Å². The number of halogens is 2. The van der Waals surface area contributed by atoms with Crippen molar-refractivity contribution < 1.29 is 8.78 Å². The van der Waals surface area contributed by atoms with Gasteiger partial charge in [-0.15, -0.1) is 0 Å². The number of anilines is 1. The lowest BCUT2D eigenvalue weighted by atomic mass is 10.1. The third-order valence-corrected chi connectivity index (χ3v) is 4.05. The van der Waals surface area contributed by atoms with E-state index in [9.17, 15) is 8.78 Å². The minimum absolute atomic E-state index is 0.0360. The molecule has 1 aromatic carbocycles. The number of rotatable bonds is 6. The Morgan fingerprint density at radius 2 is 1.58 bits per heavy atom. The van der Waals surface area contributed by atoms with E-state index in [0.29, 0.717) is 17.5 Å². The molecule has 0 amide bonds. The van der Waals surface area contributed by atoms with E-state index in [4.69, 9.17) is 5.73 Å². The Kier molecular flexibility index (Phi) is 3.44. The summed E-state index contributed by atoms with van der Waals surface area (Å²) in [6, 6.07) is 3.30. The molecule has 104 valence electrons. The lowest BCUT2D eigenvalue weighted by molar-refractivity contribution is 0.494. The highest BCUT2D eigenvalue weighted by Gasteiger charge is 2.31. The highest BCUT2D eigenvalue weighted by atomic mass is 19.2. The van der Waals surface area contributed by atoms with Gasteiger partial charge < -0.3 is 10.6 Å². The molecule has 2 aliphatic rings. The van der Waals surface area contributed by atoms with Crippen molar-refractivity contribution in [1.82, 2.24) is 0 Å². The normalized spacial score (nSPS) is 18.7. The van der Waals surface area contributed by atoms with Gasteiger partial charge >= 0.3 is 0 Å². The topological polar surface area (TPSA) is 29.3 Å². The molecule has 0 saturated heterocycles. The first kappa shape index (κ1) is 12.9. The first-order chi connectivity index (χ1) is 9.19. The first-order valence-electron chi connectivity index (χ1n) is 7.11. The Morgan fingerprint density at radius 1 is 1.00 bits per heavy atom. The molecular formula is C15H20F2N2. The molecule has 4 heteroatoms. The fraction of sp³-hybridized carbons (Fsp3) is 0.600. The minimum Gasteiger partial charge on any atom is -0.369 e. The van der Waals surface area contributed by atoms with Crippen LogP contribution in [0.5, 0.6) is 0 Å². The van der Waals surface area contributed by atoms with Crippen LogP contribution in [0.1, 0.15) is 31.2 Å². The maximum Gasteiger partial charge on any atom is 0.182 e. The van der Waals surface area contributed by atoms with Gasteiger partial charge in [0.2, 0.25) is 0 Å². The summed E-state index contributed by atoms with van der Waals surface area (Å²) in [7, 11) is 0. The summed E-state index contributed by atoms with van der Waals surface area (Å²) in [5.41, 5.74) is 6.07. The van der Waals surface area contributed by atoms with E-state index in [1.54, 1.807) is 12.1 Å². The van der Waals surface area contributed by atoms with E-state index in [2.05, 4.69) is 0 Å². The van der Waals surface area contributed by atoms with E-state index in [-0.39, 0.29) is 12.1 Å². The molecule has 0 atom stereocenters. The summed E-state index contributed by atoms with van der Waals surface area (Å²) < 4.78 is 28.0. The Labute approximate surface area is 112 Å². The standard InChI is InChI=1S/C15H20F2N2/c16-14-12(7-18)5-6-13(15(14)17)19(8-10-1-2-10)9-11-3-4-11/h5-6,10-11H,1-4,7-9,18H2. The highest BCUT2D eigenvalue weighted by molar-refractivity contribution is 5.50. The Balaban J connectivity index is 1.84. The molecular weight excluding hydrogens is 246 g/mol. The molecule has 3 rings (SSSR count). The fourth-order valence-electron chi connectivity index (χ4n) is 2.48. The van der Waals surface area contributed by atoms with Crippen LogP contribution in [0, 0.1) is 23.5 Å². The van der Waals surface area contributed by atoms with E-state index < -0.39 is 11.6 Å². The van der Waals surface area contributed by atoms with Crippen molar-refractivity contribution in [3.8, 4) is 0 Å². The average Bonchev–Trinajstić information content (AvgIpc) is 3.27. The van der Waals surface area contributed by atoms with Crippen LogP contribution in [0.3, 0.4) is 0 Å². The zero-order valence-corrected chi connectivity index (χ0v) is 11.0. The van der Waals surface area contributed by atoms with Gasteiger partial charge in [0.25, 0.3) is 0 Å². The smallest absolute Gasteiger partial charge is 0.182 e. The Morgan fingerprint density at radius 3 is 2.05 bits per heavy atom. The summed E-state index contributed by atoms with van der Waals surface area (Å²) in [4.78, 5) is 2.04. The van der Waals surface area contributed by atoms with Crippen molar-refractivity contribution in [3.63, 3.8) is 0 Å². The molecule has 1 aromatic rings. The molecule has 0 radical (unpaired) electrons. The quantitative estimate of drug-likeness (QED) is 0.857. The molecule has 0 bridgehead atoms. The molecule has 19 heavy (non-hydrogen) atoms. The van der Waals surface area contributed by atoms with E-state index in [0.717, 1.165) is 13.1 Å². The zero-order chi connectivity index (χ0) is 13.4. The lowest BCUT2D eigenvalue weighted by Gasteiger charge is -2.26. The lowest BCUT2D eigenvalue weighted by Crippen LogP contribution is -2.29. The summed E-state index contributed by atoms with van der Waals surface area (Å²) in [5, 5.41) is 0. The van der Waals surface area contributed by atoms with Crippen LogP contribution >= 0.6 is 0 Å². The van der Waals surface area contributed by atoms with Crippen LogP contribution < -0.4 is 10.6 Å². The molecule has 2 fully saturated rings. The van der Waals surface area contributed by atoms with E-state index in [1.807, 2.05) is 4.90 Å². The number of nitrogens with zero attached hydrogens (tertiary/aromatic N) is 1. The van der Waals surface area contributed by atoms with Crippen LogP contribution in [0.15, 0.2) is 12.1 Å². The van der Waals surface area contributed by atoms with Crippen molar-refractivity contribution in [3.05, 3.63) is 29.3 Å². The summed E-state index contributed by atoms with van der Waals surface area (Å²) >= 11 is 0. The summed E-state index contributed by atoms with van der Waals surface area (Å²) in [6.45, 7) is 1.75. The van der Waals surface area contributed by atoms with Crippen LogP contribution in [0.25, 0.3) is 0 Å². The minimum atomic E-state index is -0.781. The van der Waals surface area contributed by atoms with E-state index in [1.165, 1.54) is 25.7 Å². The molecule has 0 aromatic heterocycles. The predicted octanol–water partition coefficient (Wildman–Crippen LogP) is 3.05. The second-order valence-corrected chi connectivity index (χ2v) is 5.87. The molecule has 2 nitrogen and oxygen atoms in total. The highest BCUT2D eigenvalue weighted by Crippen LogP contribution is 2.37. The predicted molar refractivity (Wildman–Crippen MR) is 71.9 cm³/mol. The third-order valence-electron chi connectivity index (χ3n) is 4.05. The number of benzene rings is 1. The first-order valence-corrected chi connectivity index (χ1v) is 7.11. The van der Waals surface area contributed by atoms with Crippen molar-refractivity contribution in [2.24, 2.45) is 17.6 Å². The van der Waals surface area contributed by atoms with Crippen LogP contribution in [0.2, 0.25) is 0 Å². The van der Waals surface area contributed by atoms with Gasteiger partial charge in [-0.3, -0.25) is 0 Å². The number of nitrogens with two attached hydrogens (primary N) is 1. The molecule has 0 unspecified atom stereocenters. The largest absolute Gasteiger partial charge is 0.369 e. The number of hydrogen-bond donors (Lipinski definition) is 1. The van der Waals surface area contributed by atoms with Gasteiger partial charge in [-0.2, -0.15) is 0 Å². The van der Waals surface area contributed by atoms with Gasteiger partial charge in [-0.05, 0) is 43.6 Å². The van der Waals surface area contributed by atoms with Crippen LogP contribution in [-0.4, -0.2) is 13.1 Å². The van der Waals surface area contributed by atoms with Gasteiger partial charge in [-0.1, -0.05) is 6.07 Å². The summed E-state index contributed by atoms with van der Waals surface area (Å²) in [5.74, 6) is -0.188. The van der Waals surface area contributed by atoms with Crippen LogP contribution in [-0.2, 0) is 6.54 Å². The van der Waals surface area contributed by atoms with Crippen LogP contribution in [0.4, 0.5) is 14.5 Å². The fourth-order valence-corrected chi connectivity index (χ4v) is 2.48. The van der Waals surface area contributed by atoms with E-state index >= 15 is 0 Å². The van der Waals surface area contributed by atoms with Gasteiger partial charge in [0.1, 0.15) is 0 Å². The summed E-state index contributed by atoms with van der Waals surface area (Å²) in [6.07, 6.45) is 4.86. The SMILES string of the molecule is NCc1ccc(N(CC2CC2)CC2CC2)c(F)c1F. The van der Waals surface area contributed by atoms with Gasteiger partial charge in [-0.25, -0.2) is 8.78 Å². The van der Waals surface area contributed by atoms with Crippen molar-refractivity contribution in [1.29, 1.82) is 0 Å². The van der Waals surface area contributed by atoms with Crippen molar-refractivity contribution in [2.75, 3.05) is 18.0 Å². The molecule has 0 aliphatic heterocycles. The van der Waals surface area contributed by atoms with Crippen molar-refractivity contribution in [2.45, 2.75) is 32.2 Å². The number of hydrogen-bond acceptors (Lipinski definition) is 2. The third kappa shape index (κ3) is 2.89. The molecule has 2 N–H and O–H groups in total. The average molecular weight is 266 g/mol. The maximum absolute atomic E-state index is 14.2. The Hall–Kier alpha value is -1.16. The second kappa shape index (κ2) is 5.08. The molecule has 0 spiro atoms. The monoisotopic (exact) mass is 266 g/mol. The van der Waals surface area contributed by atoms with Gasteiger partial charge in [0.15, 0.2) is 11.6 Å². The van der Waals surface area contributed by atoms with Gasteiger partial charge in [0.05, 0.1) is 5.69 Å². The second-order valence-electron chi connectivity index (χ2n) is 5.87. The zero-order valence-electron chi connectivity index (χ0n) is 11.0. The Bertz CT molecular complexity index is 453. The maximum atomic E-state index is 14.2.